The molecule has 3 aromatic rings. The minimum Gasteiger partial charge on any atom is -0.493 e. The molecule has 0 bridgehead atoms. The number of hydrogen-bond acceptors (Lipinski definition) is 7. The third-order valence-corrected chi connectivity index (χ3v) is 7.01. The fourth-order valence-electron chi connectivity index (χ4n) is 4.27. The molecule has 1 aromatic heterocycles. The highest BCUT2D eigenvalue weighted by Gasteiger charge is 2.56. The van der Waals surface area contributed by atoms with Crippen LogP contribution < -0.4 is 30.2 Å². The average molecular weight is 553 g/mol. The fourth-order valence-corrected chi connectivity index (χ4v) is 4.47. The van der Waals surface area contributed by atoms with Crippen LogP contribution >= 0.6 is 11.6 Å². The van der Waals surface area contributed by atoms with Crippen LogP contribution in [0.1, 0.15) is 19.8 Å². The largest absolute Gasteiger partial charge is 0.493 e. The SMILES string of the molecule is COc1cc2nccc(OC3NC(C)=C(NC(=O)C4(C(=O)Nc5ccc(F)cc5)CC4)C=C3Cl)c2cc1OC. The van der Waals surface area contributed by atoms with Crippen molar-refractivity contribution >= 4 is 40.0 Å². The number of nitrogens with zero attached hydrogens (tertiary/aromatic N) is 1. The molecule has 3 N–H and O–H groups in total. The number of amides is 2. The molecule has 5 rings (SSSR count). The lowest BCUT2D eigenvalue weighted by Crippen LogP contribution is -2.43. The number of halogens is 2. The fraction of sp³-hybridized carbons (Fsp3) is 0.250. The van der Waals surface area contributed by atoms with Gasteiger partial charge in [0.25, 0.3) is 0 Å². The number of methoxy groups -OCH3 is 2. The summed E-state index contributed by atoms with van der Waals surface area (Å²) < 4.78 is 30.1. The molecule has 11 heteroatoms. The van der Waals surface area contributed by atoms with Gasteiger partial charge in [-0.2, -0.15) is 0 Å². The second-order valence-electron chi connectivity index (χ2n) is 9.24. The van der Waals surface area contributed by atoms with E-state index in [-0.39, 0.29) is 0 Å². The van der Waals surface area contributed by atoms with Gasteiger partial charge in [-0.3, -0.25) is 14.6 Å². The molecule has 1 fully saturated rings. The van der Waals surface area contributed by atoms with Gasteiger partial charge in [-0.15, -0.1) is 0 Å². The Morgan fingerprint density at radius 1 is 1.03 bits per heavy atom. The summed E-state index contributed by atoms with van der Waals surface area (Å²) in [6, 6.07) is 10.6. The summed E-state index contributed by atoms with van der Waals surface area (Å²) in [4.78, 5) is 30.4. The lowest BCUT2D eigenvalue weighted by Gasteiger charge is -2.28. The van der Waals surface area contributed by atoms with E-state index in [1.807, 2.05) is 0 Å². The summed E-state index contributed by atoms with van der Waals surface area (Å²) in [5.41, 5.74) is 0.889. The number of hydrogen-bond donors (Lipinski definition) is 3. The molecule has 39 heavy (non-hydrogen) atoms. The van der Waals surface area contributed by atoms with Crippen molar-refractivity contribution in [2.24, 2.45) is 5.41 Å². The first-order chi connectivity index (χ1) is 18.7. The van der Waals surface area contributed by atoms with E-state index in [0.29, 0.717) is 63.1 Å². The molecule has 1 aliphatic carbocycles. The third-order valence-electron chi connectivity index (χ3n) is 6.71. The number of nitrogens with one attached hydrogen (secondary N) is 3. The first-order valence-corrected chi connectivity index (χ1v) is 12.5. The number of carbonyl (C=O) groups is 2. The zero-order valence-electron chi connectivity index (χ0n) is 21.4. The van der Waals surface area contributed by atoms with E-state index in [0.717, 1.165) is 0 Å². The standard InChI is InChI=1S/C28H26ClFN4O5/c1-15-20(34-27(36)28(9-10-28)26(35)33-17-6-4-16(30)5-7-17)13-19(29)25(32-15)39-22-8-11-31-21-14-24(38-3)23(37-2)12-18(21)22/h4-8,11-14,25,32H,9-10H2,1-3H3,(H,33,35)(H,34,36). The first-order valence-electron chi connectivity index (χ1n) is 12.1. The predicted molar refractivity (Wildman–Crippen MR) is 144 cm³/mol. The van der Waals surface area contributed by atoms with E-state index in [9.17, 15) is 14.0 Å². The molecular formula is C28H26ClFN4O5. The molecule has 202 valence electrons. The molecule has 1 aliphatic heterocycles. The van der Waals surface area contributed by atoms with Crippen LogP contribution in [0.15, 0.2) is 71.2 Å². The molecule has 1 atom stereocenters. The highest BCUT2D eigenvalue weighted by atomic mass is 35.5. The summed E-state index contributed by atoms with van der Waals surface area (Å²) in [7, 11) is 3.10. The molecule has 9 nitrogen and oxygen atoms in total. The maximum atomic E-state index is 13.2. The highest BCUT2D eigenvalue weighted by molar-refractivity contribution is 6.30. The van der Waals surface area contributed by atoms with Crippen molar-refractivity contribution in [3.63, 3.8) is 0 Å². The Hall–Kier alpha value is -4.31. The quantitative estimate of drug-likeness (QED) is 0.351. The minimum atomic E-state index is -1.20. The average Bonchev–Trinajstić information content (AvgIpc) is 3.74. The molecule has 1 saturated carbocycles. The van der Waals surface area contributed by atoms with E-state index in [2.05, 4.69) is 20.9 Å². The monoisotopic (exact) mass is 552 g/mol. The number of benzene rings is 2. The van der Waals surface area contributed by atoms with E-state index in [4.69, 9.17) is 25.8 Å². The van der Waals surface area contributed by atoms with Gasteiger partial charge in [0.05, 0.1) is 30.5 Å². The Balaban J connectivity index is 1.29. The smallest absolute Gasteiger partial charge is 0.240 e. The van der Waals surface area contributed by atoms with Gasteiger partial charge < -0.3 is 30.2 Å². The van der Waals surface area contributed by atoms with Gasteiger partial charge in [0, 0.05) is 29.0 Å². The van der Waals surface area contributed by atoms with Crippen LogP contribution in [0.25, 0.3) is 10.9 Å². The summed E-state index contributed by atoms with van der Waals surface area (Å²) in [6.45, 7) is 1.77. The zero-order chi connectivity index (χ0) is 27.7. The van der Waals surface area contributed by atoms with Gasteiger partial charge in [0.1, 0.15) is 17.0 Å². The number of fused-ring (bicyclic) bond motifs is 1. The predicted octanol–water partition coefficient (Wildman–Crippen LogP) is 4.59. The maximum absolute atomic E-state index is 13.2. The van der Waals surface area contributed by atoms with Crippen LogP contribution in [0.2, 0.25) is 0 Å². The highest BCUT2D eigenvalue weighted by Crippen LogP contribution is 2.47. The molecule has 1 unspecified atom stereocenters. The zero-order valence-corrected chi connectivity index (χ0v) is 22.2. The van der Waals surface area contributed by atoms with Gasteiger partial charge in [-0.05, 0) is 62.2 Å². The molecule has 0 spiro atoms. The first kappa shape index (κ1) is 26.3. The Morgan fingerprint density at radius 2 is 1.69 bits per heavy atom. The van der Waals surface area contributed by atoms with Gasteiger partial charge in [-0.1, -0.05) is 11.6 Å². The Morgan fingerprint density at radius 3 is 2.36 bits per heavy atom. The van der Waals surface area contributed by atoms with Crippen LogP contribution in [0.3, 0.4) is 0 Å². The molecule has 2 aliphatic rings. The Labute approximate surface area is 229 Å². The van der Waals surface area contributed by atoms with Crippen molar-refractivity contribution in [1.29, 1.82) is 0 Å². The number of carbonyl (C=O) groups excluding carboxylic acids is 2. The second-order valence-corrected chi connectivity index (χ2v) is 9.68. The van der Waals surface area contributed by atoms with Crippen molar-refractivity contribution in [2.75, 3.05) is 19.5 Å². The summed E-state index contributed by atoms with van der Waals surface area (Å²) >= 11 is 6.56. The molecule has 2 heterocycles. The number of dihydropyridines is 1. The molecule has 0 saturated heterocycles. The van der Waals surface area contributed by atoms with Crippen molar-refractivity contribution in [3.8, 4) is 17.2 Å². The number of pyridine rings is 1. The topological polar surface area (TPSA) is 111 Å². The number of anilines is 1. The molecular weight excluding hydrogens is 527 g/mol. The van der Waals surface area contributed by atoms with Crippen LogP contribution in [0.5, 0.6) is 17.2 Å². The number of allylic oxidation sites excluding steroid dienone is 2. The van der Waals surface area contributed by atoms with E-state index in [1.165, 1.54) is 24.3 Å². The second kappa shape index (κ2) is 10.5. The van der Waals surface area contributed by atoms with Crippen LogP contribution in [-0.4, -0.2) is 37.2 Å². The van der Waals surface area contributed by atoms with E-state index >= 15 is 0 Å². The van der Waals surface area contributed by atoms with Crippen LogP contribution in [0, 0.1) is 11.2 Å². The number of ether oxygens (including phenoxy) is 3. The number of rotatable bonds is 8. The lowest BCUT2D eigenvalue weighted by molar-refractivity contribution is -0.133. The van der Waals surface area contributed by atoms with Crippen molar-refractivity contribution in [1.82, 2.24) is 15.6 Å². The summed E-state index contributed by atoms with van der Waals surface area (Å²) in [5, 5.41) is 9.67. The van der Waals surface area contributed by atoms with Crippen molar-refractivity contribution in [2.45, 2.75) is 26.0 Å². The van der Waals surface area contributed by atoms with Gasteiger partial charge >= 0.3 is 0 Å². The molecule has 2 aromatic carbocycles. The van der Waals surface area contributed by atoms with Gasteiger partial charge in [-0.25, -0.2) is 4.39 Å². The Bertz CT molecular complexity index is 1520. The van der Waals surface area contributed by atoms with E-state index < -0.39 is 29.3 Å². The lowest BCUT2D eigenvalue weighted by atomic mass is 10.0. The number of aromatic nitrogens is 1. The normalized spacial score (nSPS) is 17.6. The van der Waals surface area contributed by atoms with Crippen molar-refractivity contribution in [3.05, 3.63) is 77.0 Å². The van der Waals surface area contributed by atoms with Crippen molar-refractivity contribution < 1.29 is 28.2 Å². The minimum absolute atomic E-state index is 0.293. The maximum Gasteiger partial charge on any atom is 0.240 e. The third kappa shape index (κ3) is 5.20. The summed E-state index contributed by atoms with van der Waals surface area (Å²) in [6.07, 6.45) is 3.28. The van der Waals surface area contributed by atoms with Crippen LogP contribution in [0.4, 0.5) is 10.1 Å². The van der Waals surface area contributed by atoms with Gasteiger partial charge in [0.15, 0.2) is 11.5 Å². The Kier molecular flexibility index (Phi) is 7.05. The molecule has 0 radical (unpaired) electrons. The summed E-state index contributed by atoms with van der Waals surface area (Å²) in [5.74, 6) is 0.282. The molecule has 2 amide bonds. The van der Waals surface area contributed by atoms with Crippen LogP contribution in [-0.2, 0) is 9.59 Å². The van der Waals surface area contributed by atoms with E-state index in [1.54, 1.807) is 51.6 Å². The van der Waals surface area contributed by atoms with Gasteiger partial charge in [0.2, 0.25) is 18.0 Å².